The predicted molar refractivity (Wildman–Crippen MR) is 107 cm³/mol. The van der Waals surface area contributed by atoms with Gasteiger partial charge in [-0.3, -0.25) is 9.89 Å². The summed E-state index contributed by atoms with van der Waals surface area (Å²) in [5.41, 5.74) is 5.95. The molecular formula is C16H29IN4S. The van der Waals surface area contributed by atoms with Gasteiger partial charge < -0.3 is 11.1 Å². The summed E-state index contributed by atoms with van der Waals surface area (Å²) >= 11 is 1.82. The second-order valence-electron chi connectivity index (χ2n) is 6.27. The zero-order chi connectivity index (χ0) is 15.2. The van der Waals surface area contributed by atoms with Crippen LogP contribution in [-0.2, 0) is 0 Å². The lowest BCUT2D eigenvalue weighted by molar-refractivity contribution is 0.143. The molecule has 0 spiro atoms. The molecule has 3 N–H and O–H groups in total. The second-order valence-corrected chi connectivity index (χ2v) is 7.25. The zero-order valence-corrected chi connectivity index (χ0v) is 16.9. The van der Waals surface area contributed by atoms with E-state index in [9.17, 15) is 0 Å². The van der Waals surface area contributed by atoms with Gasteiger partial charge in [-0.15, -0.1) is 35.3 Å². The highest BCUT2D eigenvalue weighted by molar-refractivity contribution is 14.0. The molecule has 6 heteroatoms. The minimum Gasteiger partial charge on any atom is -0.370 e. The smallest absolute Gasteiger partial charge is 0.188 e. The lowest BCUT2D eigenvalue weighted by Crippen LogP contribution is -2.39. The van der Waals surface area contributed by atoms with Crippen LogP contribution in [0.15, 0.2) is 22.5 Å². The van der Waals surface area contributed by atoms with Crippen LogP contribution in [0.3, 0.4) is 0 Å². The average Bonchev–Trinajstić information content (AvgIpc) is 2.94. The van der Waals surface area contributed by atoms with E-state index in [1.54, 1.807) is 0 Å². The first kappa shape index (κ1) is 19.7. The van der Waals surface area contributed by atoms with E-state index >= 15 is 0 Å². The Morgan fingerprint density at radius 1 is 1.45 bits per heavy atom. The van der Waals surface area contributed by atoms with E-state index in [2.05, 4.69) is 53.5 Å². The number of thiophene rings is 1. The number of guanidine groups is 1. The Labute approximate surface area is 155 Å². The fourth-order valence-corrected chi connectivity index (χ4v) is 3.58. The largest absolute Gasteiger partial charge is 0.370 e. The molecule has 0 aliphatic carbocycles. The lowest BCUT2D eigenvalue weighted by Gasteiger charge is -2.35. The first-order valence-corrected chi connectivity index (χ1v) is 8.78. The van der Waals surface area contributed by atoms with Gasteiger partial charge in [0, 0.05) is 10.9 Å². The van der Waals surface area contributed by atoms with Gasteiger partial charge >= 0.3 is 0 Å². The van der Waals surface area contributed by atoms with Crippen LogP contribution in [0.4, 0.5) is 0 Å². The third-order valence-electron chi connectivity index (χ3n) is 4.00. The summed E-state index contributed by atoms with van der Waals surface area (Å²) in [6.07, 6.45) is 2.57. The first-order valence-electron chi connectivity index (χ1n) is 7.90. The quantitative estimate of drug-likeness (QED) is 0.423. The minimum absolute atomic E-state index is 0. The summed E-state index contributed by atoms with van der Waals surface area (Å²) in [6, 6.07) is 5.03. The number of likely N-dealkylation sites (tertiary alicyclic amines) is 1. The van der Waals surface area contributed by atoms with Crippen molar-refractivity contribution in [2.75, 3.05) is 19.6 Å². The van der Waals surface area contributed by atoms with Gasteiger partial charge in [0.15, 0.2) is 5.96 Å². The van der Waals surface area contributed by atoms with Crippen LogP contribution in [-0.4, -0.2) is 36.5 Å². The van der Waals surface area contributed by atoms with E-state index in [0.717, 1.165) is 25.6 Å². The minimum atomic E-state index is 0. The van der Waals surface area contributed by atoms with Gasteiger partial charge in [0.25, 0.3) is 0 Å². The highest BCUT2D eigenvalue weighted by atomic mass is 127. The van der Waals surface area contributed by atoms with Crippen molar-refractivity contribution in [3.8, 4) is 0 Å². The molecule has 1 unspecified atom stereocenters. The normalized spacial score (nSPS) is 19.0. The van der Waals surface area contributed by atoms with E-state index < -0.39 is 0 Å². The van der Waals surface area contributed by atoms with E-state index in [1.807, 2.05) is 11.3 Å². The van der Waals surface area contributed by atoms with Gasteiger partial charge in [0.1, 0.15) is 0 Å². The topological polar surface area (TPSA) is 53.6 Å². The third-order valence-corrected chi connectivity index (χ3v) is 4.98. The second kappa shape index (κ2) is 9.72. The molecule has 0 bridgehead atoms. The molecule has 1 aliphatic rings. The molecule has 1 aliphatic heterocycles. The molecule has 22 heavy (non-hydrogen) atoms. The van der Waals surface area contributed by atoms with Crippen LogP contribution in [0, 0.1) is 5.92 Å². The van der Waals surface area contributed by atoms with Crippen LogP contribution in [0.2, 0.25) is 0 Å². The number of nitrogens with zero attached hydrogens (tertiary/aromatic N) is 2. The fourth-order valence-electron chi connectivity index (χ4n) is 2.73. The number of hydrogen-bond acceptors (Lipinski definition) is 3. The Balaban J connectivity index is 0.00000242. The molecule has 4 nitrogen and oxygen atoms in total. The zero-order valence-electron chi connectivity index (χ0n) is 13.8. The van der Waals surface area contributed by atoms with Gasteiger partial charge in [0.05, 0.1) is 12.6 Å². The predicted octanol–water partition coefficient (Wildman–Crippen LogP) is 3.45. The van der Waals surface area contributed by atoms with Crippen molar-refractivity contribution in [1.29, 1.82) is 0 Å². The molecule has 1 fully saturated rings. The molecular weight excluding hydrogens is 407 g/mol. The Bertz CT molecular complexity index is 439. The summed E-state index contributed by atoms with van der Waals surface area (Å²) in [4.78, 5) is 8.52. The number of piperidine rings is 1. The number of nitrogens with one attached hydrogen (secondary N) is 1. The van der Waals surface area contributed by atoms with E-state index in [0.29, 0.717) is 18.0 Å². The number of nitrogens with two attached hydrogens (primary N) is 1. The van der Waals surface area contributed by atoms with Crippen molar-refractivity contribution in [2.45, 2.75) is 45.7 Å². The average molecular weight is 436 g/mol. The number of rotatable bonds is 5. The van der Waals surface area contributed by atoms with Crippen LogP contribution in [0.25, 0.3) is 0 Å². The molecule has 2 heterocycles. The van der Waals surface area contributed by atoms with Gasteiger partial charge in [-0.1, -0.05) is 13.0 Å². The highest BCUT2D eigenvalue weighted by Crippen LogP contribution is 2.29. The standard InChI is InChI=1S/C16H28N4S.HI/c1-12(2)19-16(17)18-11-14(15-5-4-10-21-15)20-8-6-13(3)7-9-20;/h4-5,10,12-14H,6-9,11H2,1-3H3,(H3,17,18,19);1H. The van der Waals surface area contributed by atoms with Crippen LogP contribution >= 0.6 is 35.3 Å². The monoisotopic (exact) mass is 436 g/mol. The fraction of sp³-hybridized carbons (Fsp3) is 0.688. The van der Waals surface area contributed by atoms with E-state index in [4.69, 9.17) is 5.73 Å². The number of aliphatic imine (C=N–C) groups is 1. The highest BCUT2D eigenvalue weighted by Gasteiger charge is 2.25. The molecule has 0 saturated carbocycles. The van der Waals surface area contributed by atoms with Crippen molar-refractivity contribution < 1.29 is 0 Å². The van der Waals surface area contributed by atoms with Gasteiger partial charge in [-0.2, -0.15) is 0 Å². The molecule has 0 radical (unpaired) electrons. The first-order chi connectivity index (χ1) is 10.1. The van der Waals surface area contributed by atoms with Crippen molar-refractivity contribution in [2.24, 2.45) is 16.6 Å². The maximum Gasteiger partial charge on any atom is 0.188 e. The SMILES string of the molecule is CC1CCN(C(CN=C(N)NC(C)C)c2cccs2)CC1.I. The molecule has 2 rings (SSSR count). The Morgan fingerprint density at radius 2 is 2.14 bits per heavy atom. The molecule has 126 valence electrons. The summed E-state index contributed by atoms with van der Waals surface area (Å²) in [7, 11) is 0. The van der Waals surface area contributed by atoms with Gasteiger partial charge in [0.2, 0.25) is 0 Å². The molecule has 1 saturated heterocycles. The van der Waals surface area contributed by atoms with Crippen molar-refractivity contribution in [3.05, 3.63) is 22.4 Å². The third kappa shape index (κ3) is 6.04. The molecule has 0 amide bonds. The lowest BCUT2D eigenvalue weighted by atomic mass is 9.97. The van der Waals surface area contributed by atoms with Gasteiger partial charge in [-0.05, 0) is 57.1 Å². The van der Waals surface area contributed by atoms with Crippen LogP contribution < -0.4 is 11.1 Å². The van der Waals surface area contributed by atoms with Crippen molar-refractivity contribution in [3.63, 3.8) is 0 Å². The summed E-state index contributed by atoms with van der Waals surface area (Å²) in [5, 5.41) is 5.31. The molecule has 0 aromatic carbocycles. The van der Waals surface area contributed by atoms with Crippen LogP contribution in [0.5, 0.6) is 0 Å². The van der Waals surface area contributed by atoms with Crippen LogP contribution in [0.1, 0.15) is 44.5 Å². The molecule has 1 aromatic heterocycles. The maximum atomic E-state index is 5.95. The maximum absolute atomic E-state index is 5.95. The van der Waals surface area contributed by atoms with Crippen molar-refractivity contribution >= 4 is 41.3 Å². The van der Waals surface area contributed by atoms with E-state index in [1.165, 1.54) is 17.7 Å². The molecule has 1 atom stereocenters. The Hall–Kier alpha value is -0.340. The summed E-state index contributed by atoms with van der Waals surface area (Å²) in [5.74, 6) is 1.40. The molecule has 1 aromatic rings. The Morgan fingerprint density at radius 3 is 2.68 bits per heavy atom. The number of hydrogen-bond donors (Lipinski definition) is 2. The summed E-state index contributed by atoms with van der Waals surface area (Å²) < 4.78 is 0. The summed E-state index contributed by atoms with van der Waals surface area (Å²) in [6.45, 7) is 9.56. The number of halogens is 1. The van der Waals surface area contributed by atoms with E-state index in [-0.39, 0.29) is 24.0 Å². The Kier molecular flexibility index (Phi) is 8.71. The van der Waals surface area contributed by atoms with Crippen molar-refractivity contribution in [1.82, 2.24) is 10.2 Å². The van der Waals surface area contributed by atoms with Gasteiger partial charge in [-0.25, -0.2) is 0 Å².